The van der Waals surface area contributed by atoms with Gasteiger partial charge in [-0.3, -0.25) is 9.69 Å². The van der Waals surface area contributed by atoms with E-state index in [2.05, 4.69) is 10.6 Å². The van der Waals surface area contributed by atoms with Crippen molar-refractivity contribution in [3.8, 4) is 0 Å². The molecule has 0 aliphatic carbocycles. The van der Waals surface area contributed by atoms with Crippen LogP contribution >= 0.6 is 0 Å². The molecule has 2 bridgehead atoms. The minimum Gasteiger partial charge on any atom is -0.356 e. The molecule has 1 amide bonds. The van der Waals surface area contributed by atoms with Crippen LogP contribution in [0.25, 0.3) is 0 Å². The van der Waals surface area contributed by atoms with Crippen molar-refractivity contribution < 1.29 is 18.0 Å². The van der Waals surface area contributed by atoms with Crippen molar-refractivity contribution in [1.82, 2.24) is 15.5 Å². The summed E-state index contributed by atoms with van der Waals surface area (Å²) in [4.78, 5) is 13.1. The third-order valence-electron chi connectivity index (χ3n) is 4.53. The van der Waals surface area contributed by atoms with E-state index in [-0.39, 0.29) is 5.91 Å². The number of fused-ring (bicyclic) bond motifs is 2. The lowest BCUT2D eigenvalue weighted by Gasteiger charge is -2.28. The van der Waals surface area contributed by atoms with Gasteiger partial charge in [-0.15, -0.1) is 0 Å². The van der Waals surface area contributed by atoms with Gasteiger partial charge in [0.05, 0.1) is 6.54 Å². The summed E-state index contributed by atoms with van der Waals surface area (Å²) >= 11 is 0. The van der Waals surface area contributed by atoms with Crippen molar-refractivity contribution in [2.75, 3.05) is 26.7 Å². The number of carbonyl (C=O) groups is 1. The third kappa shape index (κ3) is 6.12. The molecule has 2 rings (SSSR count). The Morgan fingerprint density at radius 2 is 1.91 bits per heavy atom. The van der Waals surface area contributed by atoms with Gasteiger partial charge in [0, 0.05) is 25.0 Å². The van der Waals surface area contributed by atoms with Gasteiger partial charge in [0.2, 0.25) is 5.91 Å². The first-order valence-corrected chi connectivity index (χ1v) is 8.10. The highest BCUT2D eigenvalue weighted by Crippen LogP contribution is 2.32. The van der Waals surface area contributed by atoms with Gasteiger partial charge in [-0.05, 0) is 51.6 Å². The smallest absolute Gasteiger partial charge is 0.356 e. The molecule has 4 nitrogen and oxygen atoms in total. The summed E-state index contributed by atoms with van der Waals surface area (Å²) in [6.07, 6.45) is 1.49. The van der Waals surface area contributed by atoms with Crippen LogP contribution in [0.3, 0.4) is 0 Å². The molecule has 7 heteroatoms. The molecule has 0 aromatic carbocycles. The molecule has 2 aliphatic heterocycles. The van der Waals surface area contributed by atoms with Crippen molar-refractivity contribution in [2.45, 2.75) is 56.8 Å². The highest BCUT2D eigenvalue weighted by molar-refractivity contribution is 5.76. The maximum Gasteiger partial charge on any atom is 0.401 e. The Hall–Kier alpha value is -0.820. The van der Waals surface area contributed by atoms with Crippen molar-refractivity contribution in [3.05, 3.63) is 0 Å². The number of nitrogens with one attached hydrogen (secondary N) is 2. The van der Waals surface area contributed by atoms with Gasteiger partial charge in [-0.2, -0.15) is 13.2 Å². The molecule has 0 aromatic heterocycles. The number of carbonyl (C=O) groups excluding carboxylic acids is 1. The van der Waals surface area contributed by atoms with Crippen LogP contribution in [0.15, 0.2) is 0 Å². The molecule has 0 radical (unpaired) electrons. The fourth-order valence-corrected chi connectivity index (χ4v) is 3.64. The zero-order valence-electron chi connectivity index (χ0n) is 13.1. The van der Waals surface area contributed by atoms with E-state index in [1.165, 1.54) is 24.8 Å². The summed E-state index contributed by atoms with van der Waals surface area (Å²) in [6.45, 7) is -0.130. The summed E-state index contributed by atoms with van der Waals surface area (Å²) < 4.78 is 36.5. The Labute approximate surface area is 129 Å². The number of halogens is 3. The predicted octanol–water partition coefficient (Wildman–Crippen LogP) is 1.91. The molecule has 0 saturated carbocycles. The molecule has 2 N–H and O–H groups in total. The second kappa shape index (κ2) is 7.64. The number of amides is 1. The van der Waals surface area contributed by atoms with Crippen molar-refractivity contribution in [3.63, 3.8) is 0 Å². The van der Waals surface area contributed by atoms with E-state index < -0.39 is 12.7 Å². The summed E-state index contributed by atoms with van der Waals surface area (Å²) in [5.41, 5.74) is 0. The van der Waals surface area contributed by atoms with Crippen molar-refractivity contribution in [1.29, 1.82) is 0 Å². The van der Waals surface area contributed by atoms with E-state index in [1.807, 2.05) is 0 Å². The number of alkyl halides is 3. The van der Waals surface area contributed by atoms with Crippen LogP contribution < -0.4 is 10.6 Å². The van der Waals surface area contributed by atoms with Crippen LogP contribution in [0.5, 0.6) is 0 Å². The van der Waals surface area contributed by atoms with E-state index in [9.17, 15) is 18.0 Å². The zero-order valence-corrected chi connectivity index (χ0v) is 13.1. The fourth-order valence-electron chi connectivity index (χ4n) is 3.64. The summed E-state index contributed by atoms with van der Waals surface area (Å²) in [6, 6.07) is 1.15. The van der Waals surface area contributed by atoms with Crippen LogP contribution in [0.4, 0.5) is 13.2 Å². The molecular weight excluding hydrogens is 295 g/mol. The predicted molar refractivity (Wildman–Crippen MR) is 78.5 cm³/mol. The van der Waals surface area contributed by atoms with Crippen LogP contribution in [-0.2, 0) is 4.79 Å². The maximum atomic E-state index is 12.2. The largest absolute Gasteiger partial charge is 0.401 e. The minimum absolute atomic E-state index is 0.0322. The molecular formula is C15H26F3N3O. The third-order valence-corrected chi connectivity index (χ3v) is 4.53. The summed E-state index contributed by atoms with van der Waals surface area (Å²) in [7, 11) is 1.44. The number of hydrogen-bond acceptors (Lipinski definition) is 3. The zero-order chi connectivity index (χ0) is 16.2. The van der Waals surface area contributed by atoms with E-state index in [1.54, 1.807) is 0 Å². The molecule has 128 valence electrons. The Morgan fingerprint density at radius 1 is 1.27 bits per heavy atom. The second-order valence-electron chi connectivity index (χ2n) is 6.74. The molecule has 2 saturated heterocycles. The minimum atomic E-state index is -4.16. The number of hydrogen-bond donors (Lipinski definition) is 2. The van der Waals surface area contributed by atoms with Gasteiger partial charge >= 0.3 is 6.18 Å². The lowest BCUT2D eigenvalue weighted by molar-refractivity contribution is -0.143. The first kappa shape index (κ1) is 17.5. The molecule has 2 fully saturated rings. The van der Waals surface area contributed by atoms with E-state index in [0.29, 0.717) is 43.9 Å². The van der Waals surface area contributed by atoms with Crippen LogP contribution in [0, 0.1) is 5.92 Å². The summed E-state index contributed by atoms with van der Waals surface area (Å²) in [5.74, 6) is 0.483. The van der Waals surface area contributed by atoms with Gasteiger partial charge in [0.25, 0.3) is 0 Å². The van der Waals surface area contributed by atoms with Crippen molar-refractivity contribution in [2.24, 2.45) is 5.92 Å². The number of piperidine rings is 1. The van der Waals surface area contributed by atoms with Gasteiger partial charge in [-0.1, -0.05) is 0 Å². The quantitative estimate of drug-likeness (QED) is 0.704. The first-order valence-electron chi connectivity index (χ1n) is 8.10. The monoisotopic (exact) mass is 321 g/mol. The van der Waals surface area contributed by atoms with Gasteiger partial charge < -0.3 is 10.6 Å². The van der Waals surface area contributed by atoms with Crippen LogP contribution in [-0.4, -0.2) is 55.7 Å². The topological polar surface area (TPSA) is 44.4 Å². The van der Waals surface area contributed by atoms with Crippen LogP contribution in [0.2, 0.25) is 0 Å². The molecule has 22 heavy (non-hydrogen) atoms. The SMILES string of the molecule is CN(CCCNC(=O)CC1CC2CCC(C1)N2)CC(F)(F)F. The molecule has 0 aromatic rings. The Morgan fingerprint density at radius 3 is 2.50 bits per heavy atom. The Bertz CT molecular complexity index is 364. The molecule has 2 aliphatic rings. The van der Waals surface area contributed by atoms with Gasteiger partial charge in [-0.25, -0.2) is 0 Å². The van der Waals surface area contributed by atoms with Gasteiger partial charge in [0.15, 0.2) is 0 Å². The fraction of sp³-hybridized carbons (Fsp3) is 0.933. The normalized spacial score (nSPS) is 28.1. The molecule has 2 heterocycles. The van der Waals surface area contributed by atoms with E-state index in [4.69, 9.17) is 0 Å². The number of nitrogens with zero attached hydrogens (tertiary/aromatic N) is 1. The van der Waals surface area contributed by atoms with Crippen LogP contribution in [0.1, 0.15) is 38.5 Å². The second-order valence-corrected chi connectivity index (χ2v) is 6.74. The van der Waals surface area contributed by atoms with Gasteiger partial charge in [0.1, 0.15) is 0 Å². The standard InChI is InChI=1S/C15H26F3N3O/c1-21(10-15(16,17)18)6-2-5-19-14(22)9-11-7-12-3-4-13(8-11)20-12/h11-13,20H,2-10H2,1H3,(H,19,22). The highest BCUT2D eigenvalue weighted by atomic mass is 19.4. The maximum absolute atomic E-state index is 12.2. The van der Waals surface area contributed by atoms with E-state index in [0.717, 1.165) is 12.8 Å². The molecule has 0 spiro atoms. The van der Waals surface area contributed by atoms with E-state index >= 15 is 0 Å². The number of rotatable bonds is 7. The molecule has 2 unspecified atom stereocenters. The highest BCUT2D eigenvalue weighted by Gasteiger charge is 2.34. The Balaban J connectivity index is 1.54. The molecule has 2 atom stereocenters. The lowest BCUT2D eigenvalue weighted by Crippen LogP contribution is -2.40. The Kier molecular flexibility index (Phi) is 6.09. The average Bonchev–Trinajstić information content (AvgIpc) is 2.72. The first-order chi connectivity index (χ1) is 10.3. The lowest BCUT2D eigenvalue weighted by atomic mass is 9.89. The van der Waals surface area contributed by atoms with Crippen molar-refractivity contribution >= 4 is 5.91 Å². The summed E-state index contributed by atoms with van der Waals surface area (Å²) in [5, 5.41) is 6.38. The average molecular weight is 321 g/mol.